The lowest BCUT2D eigenvalue weighted by molar-refractivity contribution is -0.156. The molecule has 0 aromatic heterocycles. The van der Waals surface area contributed by atoms with Crippen LogP contribution in [0.25, 0.3) is 0 Å². The van der Waals surface area contributed by atoms with Crippen LogP contribution >= 0.6 is 0 Å². The topological polar surface area (TPSA) is 84.0 Å². The van der Waals surface area contributed by atoms with Crippen molar-refractivity contribution in [3.63, 3.8) is 0 Å². The van der Waals surface area contributed by atoms with Gasteiger partial charge in [0.2, 0.25) is 15.9 Å². The first kappa shape index (κ1) is 22.3. The molecule has 1 atom stereocenters. The van der Waals surface area contributed by atoms with Crippen molar-refractivity contribution >= 4 is 21.9 Å². The predicted molar refractivity (Wildman–Crippen MR) is 101 cm³/mol. The number of esters is 1. The lowest BCUT2D eigenvalue weighted by Gasteiger charge is -2.34. The van der Waals surface area contributed by atoms with E-state index in [1.165, 1.54) is 19.2 Å². The van der Waals surface area contributed by atoms with Gasteiger partial charge in [0, 0.05) is 26.6 Å². The molecule has 2 rings (SSSR count). The molecule has 1 aliphatic rings. The lowest BCUT2D eigenvalue weighted by atomic mass is 10.0. The summed E-state index contributed by atoms with van der Waals surface area (Å²) in [5.41, 5.74) is 0. The van der Waals surface area contributed by atoms with Crippen LogP contribution in [0.5, 0.6) is 0 Å². The van der Waals surface area contributed by atoms with Crippen LogP contribution in [-0.4, -0.2) is 62.3 Å². The van der Waals surface area contributed by atoms with Gasteiger partial charge in [0.05, 0.1) is 11.5 Å². The number of ether oxygens (including phenoxy) is 1. The molecule has 1 heterocycles. The Bertz CT molecular complexity index is 782. The van der Waals surface area contributed by atoms with Gasteiger partial charge in [0.25, 0.3) is 0 Å². The molecular formula is C19H27FN2O5S. The summed E-state index contributed by atoms with van der Waals surface area (Å²) in [6.07, 6.45) is 2.75. The molecule has 0 bridgehead atoms. The number of sulfonamides is 1. The van der Waals surface area contributed by atoms with Crippen LogP contribution in [0.4, 0.5) is 4.39 Å². The van der Waals surface area contributed by atoms with Crippen molar-refractivity contribution in [2.45, 2.75) is 50.0 Å². The number of hydrogen-bond acceptors (Lipinski definition) is 5. The summed E-state index contributed by atoms with van der Waals surface area (Å²) in [5.74, 6) is -1.07. The molecule has 7 nitrogen and oxygen atoms in total. The number of benzene rings is 1. The second-order valence-corrected chi connectivity index (χ2v) is 8.78. The van der Waals surface area contributed by atoms with Crippen LogP contribution in [0.3, 0.4) is 0 Å². The Labute approximate surface area is 165 Å². The number of likely N-dealkylation sites (tertiary alicyclic amines) is 1. The smallest absolute Gasteiger partial charge is 0.328 e. The highest BCUT2D eigenvalue weighted by Crippen LogP contribution is 2.20. The van der Waals surface area contributed by atoms with Gasteiger partial charge in [-0.3, -0.25) is 4.79 Å². The van der Waals surface area contributed by atoms with Gasteiger partial charge in [-0.15, -0.1) is 0 Å². The Morgan fingerprint density at radius 2 is 1.93 bits per heavy atom. The Kier molecular flexibility index (Phi) is 7.94. The van der Waals surface area contributed by atoms with Crippen LogP contribution in [0.1, 0.15) is 39.0 Å². The summed E-state index contributed by atoms with van der Waals surface area (Å²) in [7, 11) is -2.32. The number of halogens is 1. The number of carbonyl (C=O) groups excluding carboxylic acids is 2. The van der Waals surface area contributed by atoms with E-state index in [4.69, 9.17) is 4.74 Å². The Balaban J connectivity index is 1.91. The molecule has 1 aliphatic heterocycles. The number of hydrogen-bond donors (Lipinski definition) is 0. The zero-order valence-electron chi connectivity index (χ0n) is 16.3. The lowest BCUT2D eigenvalue weighted by Crippen LogP contribution is -2.48. The second kappa shape index (κ2) is 9.97. The molecule has 156 valence electrons. The SMILES string of the molecule is CCOC(=O)C1CCCCN1C(=O)CCCN(C)S(=O)(=O)c1ccc(F)cc1. The monoisotopic (exact) mass is 414 g/mol. The van der Waals surface area contributed by atoms with E-state index in [2.05, 4.69) is 0 Å². The van der Waals surface area contributed by atoms with Gasteiger partial charge in [0.15, 0.2) is 0 Å². The highest BCUT2D eigenvalue weighted by Gasteiger charge is 2.32. The van der Waals surface area contributed by atoms with Crippen LogP contribution in [0, 0.1) is 5.82 Å². The molecule has 1 fully saturated rings. The zero-order valence-corrected chi connectivity index (χ0v) is 17.1. The largest absolute Gasteiger partial charge is 0.464 e. The van der Waals surface area contributed by atoms with Gasteiger partial charge in [-0.25, -0.2) is 21.9 Å². The van der Waals surface area contributed by atoms with E-state index in [9.17, 15) is 22.4 Å². The van der Waals surface area contributed by atoms with Crippen molar-refractivity contribution in [1.29, 1.82) is 0 Å². The fourth-order valence-corrected chi connectivity index (χ4v) is 4.43. The summed E-state index contributed by atoms with van der Waals surface area (Å²) >= 11 is 0. The fourth-order valence-electron chi connectivity index (χ4n) is 3.22. The molecule has 1 aromatic carbocycles. The molecule has 0 aliphatic carbocycles. The summed E-state index contributed by atoms with van der Waals surface area (Å²) in [4.78, 5) is 26.2. The highest BCUT2D eigenvalue weighted by molar-refractivity contribution is 7.89. The molecular weight excluding hydrogens is 387 g/mol. The molecule has 1 saturated heterocycles. The maximum absolute atomic E-state index is 13.0. The summed E-state index contributed by atoms with van der Waals surface area (Å²) in [5, 5.41) is 0. The fraction of sp³-hybridized carbons (Fsp3) is 0.579. The molecule has 28 heavy (non-hydrogen) atoms. The molecule has 1 aromatic rings. The van der Waals surface area contributed by atoms with E-state index in [-0.39, 0.29) is 36.3 Å². The summed E-state index contributed by atoms with van der Waals surface area (Å²) in [6.45, 7) is 2.64. The van der Waals surface area contributed by atoms with Crippen molar-refractivity contribution in [1.82, 2.24) is 9.21 Å². The van der Waals surface area contributed by atoms with Gasteiger partial charge in [0.1, 0.15) is 11.9 Å². The minimum absolute atomic E-state index is 0.00105. The summed E-state index contributed by atoms with van der Waals surface area (Å²) in [6, 6.07) is 4.06. The third-order valence-electron chi connectivity index (χ3n) is 4.77. The van der Waals surface area contributed by atoms with Crippen LogP contribution in [0.15, 0.2) is 29.2 Å². The van der Waals surface area contributed by atoms with Gasteiger partial charge < -0.3 is 9.64 Å². The number of amides is 1. The third-order valence-corrected chi connectivity index (χ3v) is 6.64. The van der Waals surface area contributed by atoms with E-state index >= 15 is 0 Å². The quantitative estimate of drug-likeness (QED) is 0.609. The average molecular weight is 414 g/mol. The van der Waals surface area contributed by atoms with E-state index in [1.54, 1.807) is 11.8 Å². The number of piperidine rings is 1. The van der Waals surface area contributed by atoms with Crippen LogP contribution in [0.2, 0.25) is 0 Å². The zero-order chi connectivity index (χ0) is 20.7. The summed E-state index contributed by atoms with van der Waals surface area (Å²) < 4.78 is 44.2. The third kappa shape index (κ3) is 5.51. The first-order valence-electron chi connectivity index (χ1n) is 9.45. The number of nitrogens with zero attached hydrogens (tertiary/aromatic N) is 2. The molecule has 1 unspecified atom stereocenters. The molecule has 9 heteroatoms. The molecule has 0 radical (unpaired) electrons. The molecule has 1 amide bonds. The minimum atomic E-state index is -3.74. The van der Waals surface area contributed by atoms with Crippen molar-refractivity contribution in [2.24, 2.45) is 0 Å². The van der Waals surface area contributed by atoms with Gasteiger partial charge in [-0.2, -0.15) is 0 Å². The normalized spacial score (nSPS) is 17.6. The molecule has 0 spiro atoms. The van der Waals surface area contributed by atoms with Gasteiger partial charge in [-0.1, -0.05) is 0 Å². The van der Waals surface area contributed by atoms with E-state index in [0.29, 0.717) is 19.4 Å². The number of rotatable bonds is 8. The van der Waals surface area contributed by atoms with Gasteiger partial charge in [-0.05, 0) is 56.9 Å². The molecule has 0 saturated carbocycles. The van der Waals surface area contributed by atoms with E-state index in [1.807, 2.05) is 0 Å². The van der Waals surface area contributed by atoms with Crippen LogP contribution < -0.4 is 0 Å². The predicted octanol–water partition coefficient (Wildman–Crippen LogP) is 2.17. The standard InChI is InChI=1S/C19H27FN2O5S/c1-3-27-19(24)17-7-4-5-14-22(17)18(23)8-6-13-21(2)28(25,26)16-11-9-15(20)10-12-16/h9-12,17H,3-8,13-14H2,1-2H3. The van der Waals surface area contributed by atoms with Gasteiger partial charge >= 0.3 is 5.97 Å². The Hall–Kier alpha value is -2.00. The number of carbonyl (C=O) groups is 2. The Morgan fingerprint density at radius 3 is 2.57 bits per heavy atom. The van der Waals surface area contributed by atoms with Crippen molar-refractivity contribution < 1.29 is 27.1 Å². The first-order chi connectivity index (χ1) is 13.3. The highest BCUT2D eigenvalue weighted by atomic mass is 32.2. The molecule has 0 N–H and O–H groups in total. The first-order valence-corrected chi connectivity index (χ1v) is 10.9. The van der Waals surface area contributed by atoms with Crippen molar-refractivity contribution in [2.75, 3.05) is 26.7 Å². The maximum Gasteiger partial charge on any atom is 0.328 e. The van der Waals surface area contributed by atoms with E-state index in [0.717, 1.165) is 29.3 Å². The van der Waals surface area contributed by atoms with Crippen molar-refractivity contribution in [3.05, 3.63) is 30.1 Å². The maximum atomic E-state index is 13.0. The minimum Gasteiger partial charge on any atom is -0.464 e. The van der Waals surface area contributed by atoms with Crippen LogP contribution in [-0.2, 0) is 24.3 Å². The van der Waals surface area contributed by atoms with Crippen molar-refractivity contribution in [3.8, 4) is 0 Å². The average Bonchev–Trinajstić information content (AvgIpc) is 2.68. The second-order valence-electron chi connectivity index (χ2n) is 6.73. The Morgan fingerprint density at radius 1 is 1.25 bits per heavy atom. The van der Waals surface area contributed by atoms with E-state index < -0.39 is 21.9 Å².